The maximum atomic E-state index is 5.56. The van der Waals surface area contributed by atoms with Gasteiger partial charge in [-0.15, -0.1) is 0 Å². The molecule has 2 aromatic heterocycles. The fraction of sp³-hybridized carbons (Fsp3) is 0.129. The number of hydrogen-bond acceptors (Lipinski definition) is 3. The van der Waals surface area contributed by atoms with Gasteiger partial charge in [-0.05, 0) is 78.9 Å². The molecule has 5 nitrogen and oxygen atoms in total. The van der Waals surface area contributed by atoms with Crippen LogP contribution in [0.3, 0.4) is 0 Å². The van der Waals surface area contributed by atoms with Crippen molar-refractivity contribution in [3.05, 3.63) is 103 Å². The zero-order valence-electron chi connectivity index (χ0n) is 21.4. The van der Waals surface area contributed by atoms with Crippen LogP contribution in [0.5, 0.6) is 11.5 Å². The average molecular weight is 507 g/mol. The van der Waals surface area contributed by atoms with Crippen molar-refractivity contribution < 1.29 is 9.47 Å². The molecule has 0 unspecified atom stereocenters. The first kappa shape index (κ1) is 23.3. The first-order valence-electron chi connectivity index (χ1n) is 12.2. The molecule has 0 atom stereocenters. The lowest BCUT2D eigenvalue weighted by atomic mass is 10.2. The van der Waals surface area contributed by atoms with E-state index >= 15 is 0 Å². The highest BCUT2D eigenvalue weighted by atomic mass is 31.2. The third kappa shape index (κ3) is 3.61. The number of hydrogen-bond donors (Lipinski definition) is 0. The lowest BCUT2D eigenvalue weighted by Gasteiger charge is -2.29. The van der Waals surface area contributed by atoms with Crippen LogP contribution in [0.2, 0.25) is 0 Å². The van der Waals surface area contributed by atoms with Gasteiger partial charge in [-0.3, -0.25) is 4.68 Å². The summed E-state index contributed by atoms with van der Waals surface area (Å²) in [5.74, 6) is 1.68. The smallest absolute Gasteiger partial charge is 0.145 e. The monoisotopic (exact) mass is 506 g/mol. The first-order chi connectivity index (χ1) is 18.1. The van der Waals surface area contributed by atoms with Crippen molar-refractivity contribution >= 4 is 50.3 Å². The molecular weight excluding hydrogens is 477 g/mol. The summed E-state index contributed by atoms with van der Waals surface area (Å²) >= 11 is 0. The van der Waals surface area contributed by atoms with E-state index in [0.717, 1.165) is 22.4 Å². The van der Waals surface area contributed by atoms with Gasteiger partial charge in [0.25, 0.3) is 0 Å². The van der Waals surface area contributed by atoms with Crippen molar-refractivity contribution in [2.45, 2.75) is 0 Å². The molecule has 0 aliphatic heterocycles. The highest BCUT2D eigenvalue weighted by Crippen LogP contribution is 2.57. The molecule has 184 valence electrons. The zero-order valence-corrected chi connectivity index (χ0v) is 22.3. The molecule has 0 saturated carbocycles. The van der Waals surface area contributed by atoms with Gasteiger partial charge >= 0.3 is 0 Å². The van der Waals surface area contributed by atoms with Crippen LogP contribution >= 0.6 is 7.26 Å². The van der Waals surface area contributed by atoms with Crippen molar-refractivity contribution in [1.29, 1.82) is 0 Å². The molecule has 0 radical (unpaired) electrons. The van der Waals surface area contributed by atoms with Crippen molar-refractivity contribution in [1.82, 2.24) is 14.3 Å². The van der Waals surface area contributed by atoms with Crippen LogP contribution in [0.25, 0.3) is 21.8 Å². The number of fused-ring (bicyclic) bond motifs is 2. The predicted octanol–water partition coefficient (Wildman–Crippen LogP) is 4.70. The molecular formula is C31H29N3O2P+. The van der Waals surface area contributed by atoms with Gasteiger partial charge in [-0.25, -0.2) is 0 Å². The highest BCUT2D eigenvalue weighted by molar-refractivity contribution is 8.02. The second-order valence-electron chi connectivity index (χ2n) is 9.22. The summed E-state index contributed by atoms with van der Waals surface area (Å²) in [6.45, 7) is 0. The van der Waals surface area contributed by atoms with E-state index in [1.165, 1.54) is 32.1 Å². The van der Waals surface area contributed by atoms with Crippen molar-refractivity contribution in [2.24, 2.45) is 14.1 Å². The average Bonchev–Trinajstić information content (AvgIpc) is 3.52. The summed E-state index contributed by atoms with van der Waals surface area (Å²) in [6.07, 6.45) is 4.30. The van der Waals surface area contributed by atoms with Crippen LogP contribution in [0.1, 0.15) is 0 Å². The number of nitrogens with zero attached hydrogens (tertiary/aromatic N) is 3. The number of benzene rings is 4. The van der Waals surface area contributed by atoms with Gasteiger partial charge in [0.2, 0.25) is 0 Å². The maximum Gasteiger partial charge on any atom is 0.145 e. The van der Waals surface area contributed by atoms with E-state index < -0.39 is 7.26 Å². The quantitative estimate of drug-likeness (QED) is 0.308. The van der Waals surface area contributed by atoms with Crippen molar-refractivity contribution in [3.63, 3.8) is 0 Å². The molecule has 6 rings (SSSR count). The summed E-state index contributed by atoms with van der Waals surface area (Å²) in [7, 11) is 5.11. The third-order valence-corrected chi connectivity index (χ3v) is 11.6. The largest absolute Gasteiger partial charge is 0.497 e. The van der Waals surface area contributed by atoms with E-state index in [9.17, 15) is 0 Å². The number of aryl methyl sites for hydroxylation is 2. The number of aromatic nitrogens is 3. The summed E-state index contributed by atoms with van der Waals surface area (Å²) in [5, 5.41) is 12.3. The Balaban J connectivity index is 1.82. The molecule has 0 aliphatic carbocycles. The Hall–Kier alpha value is -4.08. The standard InChI is InChI=1S/C31H29N3O2P/c1-33-20-19-26-29(33)8-6-10-30(26)37(24-15-11-22(35-3)12-16-24,25-17-13-23(36-4)14-18-25)31-9-5-7-28-27(31)21-34(2)32-28/h5-21H,1-4H3/q+1. The minimum Gasteiger partial charge on any atom is -0.497 e. The lowest BCUT2D eigenvalue weighted by molar-refractivity contribution is 0.415. The number of ether oxygens (including phenoxy) is 2. The molecule has 6 heteroatoms. The van der Waals surface area contributed by atoms with Crippen LogP contribution < -0.4 is 30.7 Å². The van der Waals surface area contributed by atoms with Gasteiger partial charge in [0.05, 0.1) is 30.6 Å². The second kappa shape index (κ2) is 9.10. The van der Waals surface area contributed by atoms with Crippen molar-refractivity contribution in [2.75, 3.05) is 14.2 Å². The van der Waals surface area contributed by atoms with Crippen LogP contribution in [-0.4, -0.2) is 28.6 Å². The van der Waals surface area contributed by atoms with E-state index in [4.69, 9.17) is 14.6 Å². The molecule has 0 N–H and O–H groups in total. The lowest BCUT2D eigenvalue weighted by Crippen LogP contribution is -2.39. The van der Waals surface area contributed by atoms with Gasteiger partial charge < -0.3 is 14.0 Å². The Morgan fingerprint density at radius 1 is 0.649 bits per heavy atom. The Kier molecular flexibility index (Phi) is 5.73. The van der Waals surface area contributed by atoms with Crippen LogP contribution in [0, 0.1) is 0 Å². The summed E-state index contributed by atoms with van der Waals surface area (Å²) in [5.41, 5.74) is 2.20. The molecule has 37 heavy (non-hydrogen) atoms. The van der Waals surface area contributed by atoms with Gasteiger partial charge in [0, 0.05) is 31.9 Å². The van der Waals surface area contributed by atoms with Crippen LogP contribution in [0.15, 0.2) is 103 Å². The Morgan fingerprint density at radius 3 is 1.81 bits per heavy atom. The van der Waals surface area contributed by atoms with E-state index in [0.29, 0.717) is 0 Å². The number of methoxy groups -OCH3 is 2. The van der Waals surface area contributed by atoms with E-state index in [-0.39, 0.29) is 0 Å². The molecule has 0 saturated heterocycles. The predicted molar refractivity (Wildman–Crippen MR) is 155 cm³/mol. The van der Waals surface area contributed by atoms with E-state index in [1.807, 2.05) is 11.7 Å². The highest BCUT2D eigenvalue weighted by Gasteiger charge is 2.50. The molecule has 6 aromatic rings. The molecule has 0 spiro atoms. The third-order valence-electron chi connectivity index (χ3n) is 7.19. The summed E-state index contributed by atoms with van der Waals surface area (Å²) in [4.78, 5) is 0. The fourth-order valence-corrected chi connectivity index (χ4v) is 10.0. The van der Waals surface area contributed by atoms with Crippen molar-refractivity contribution in [3.8, 4) is 11.5 Å². The molecule has 0 amide bonds. The van der Waals surface area contributed by atoms with Gasteiger partial charge in [0.15, 0.2) is 0 Å². The fourth-order valence-electron chi connectivity index (χ4n) is 5.46. The SMILES string of the molecule is COc1ccc([P+](c2ccc(OC)cc2)(c2cccc3nn(C)cc23)c2cccc3c2ccn3C)cc1. The molecule has 0 aliphatic rings. The van der Waals surface area contributed by atoms with Gasteiger partial charge in [-0.2, -0.15) is 5.10 Å². The van der Waals surface area contributed by atoms with Crippen LogP contribution in [0.4, 0.5) is 0 Å². The van der Waals surface area contributed by atoms with Gasteiger partial charge in [0.1, 0.15) is 40.0 Å². The Labute approximate surface area is 217 Å². The Morgan fingerprint density at radius 2 is 1.22 bits per heavy atom. The summed E-state index contributed by atoms with van der Waals surface area (Å²) in [6, 6.07) is 32.7. The van der Waals surface area contributed by atoms with E-state index in [1.54, 1.807) is 14.2 Å². The topological polar surface area (TPSA) is 41.2 Å². The maximum absolute atomic E-state index is 5.56. The van der Waals surface area contributed by atoms with Gasteiger partial charge in [-0.1, -0.05) is 12.1 Å². The molecule has 4 aromatic carbocycles. The molecule has 2 heterocycles. The zero-order chi connectivity index (χ0) is 25.6. The minimum atomic E-state index is -2.41. The normalized spacial score (nSPS) is 11.8. The minimum absolute atomic E-state index is 0.842. The number of rotatable bonds is 6. The summed E-state index contributed by atoms with van der Waals surface area (Å²) < 4.78 is 15.2. The Bertz CT molecular complexity index is 1650. The molecule has 0 bridgehead atoms. The first-order valence-corrected chi connectivity index (χ1v) is 14.0. The second-order valence-corrected chi connectivity index (χ2v) is 12.6. The van der Waals surface area contributed by atoms with E-state index in [2.05, 4.69) is 115 Å². The molecule has 0 fully saturated rings. The van der Waals surface area contributed by atoms with Crippen LogP contribution in [-0.2, 0) is 14.1 Å².